The summed E-state index contributed by atoms with van der Waals surface area (Å²) in [5.74, 6) is -8.74. The Morgan fingerprint density at radius 2 is 1.13 bits per heavy atom. The van der Waals surface area contributed by atoms with Crippen LogP contribution in [-0.2, 0) is 38.4 Å². The molecule has 0 saturated carbocycles. The standard InChI is InChI=1S/C5H9NO4.C5H9NO2.C4H7NO4.C4H9NO3.C3H7NO3.C2H5NO2/c6-3(5(9)10)1-2-4(7)8;7-5(8)4-2-1-3-6-4;5-2(4(8)9)1-3(6)7;1-2(6)3(5)4(7)8;4-2(1-5)3(6)7;3-1-2(4)5/h3H,1-2,6H2,(H,7,8)(H,9,10);4,6H,1-3H2,(H,7,8);2H,1,5H2,(H,6,7)(H,8,9);2-3,6H,5H2,1H3,(H,7,8);2,5H,1,4H2,(H,6,7);1,3H2,(H,4,5)/t;4-;;;;/m.0..../s1. The first-order chi connectivity index (χ1) is 21.4. The van der Waals surface area contributed by atoms with E-state index < -0.39 is 91.1 Å². The van der Waals surface area contributed by atoms with Crippen LogP contribution in [0.5, 0.6) is 0 Å². The highest BCUT2D eigenvalue weighted by Gasteiger charge is 2.20. The number of hydrogen-bond acceptors (Lipinski definition) is 16. The van der Waals surface area contributed by atoms with Crippen LogP contribution in [-0.4, -0.2) is 155 Å². The van der Waals surface area contributed by atoms with Gasteiger partial charge in [-0.3, -0.25) is 38.4 Å². The lowest BCUT2D eigenvalue weighted by atomic mass is 10.2. The molecule has 1 fully saturated rings. The second-order valence-corrected chi connectivity index (χ2v) is 8.74. The zero-order chi connectivity index (χ0) is 38.4. The SMILES string of the molecule is CC(O)C(N)C(=O)O.NC(CC(=O)O)C(=O)O.NC(CCC(=O)O)C(=O)O.NC(CO)C(=O)O.NCC(=O)O.O=C(O)[C@@H]1CCCN1. The Labute approximate surface area is 266 Å². The highest BCUT2D eigenvalue weighted by Crippen LogP contribution is 2.03. The van der Waals surface area contributed by atoms with Crippen molar-refractivity contribution in [3.05, 3.63) is 0 Å². The average Bonchev–Trinajstić information content (AvgIpc) is 3.51. The lowest BCUT2D eigenvalue weighted by Gasteiger charge is -2.06. The number of nitrogens with two attached hydrogens (primary N) is 5. The van der Waals surface area contributed by atoms with E-state index in [1.54, 1.807) is 0 Å². The third-order valence-electron chi connectivity index (χ3n) is 4.55. The summed E-state index contributed by atoms with van der Waals surface area (Å²) in [7, 11) is 0. The molecule has 276 valence electrons. The van der Waals surface area contributed by atoms with E-state index in [1.807, 2.05) is 0 Å². The number of aliphatic carboxylic acids is 8. The summed E-state index contributed by atoms with van der Waals surface area (Å²) in [6.07, 6.45) is 0.0484. The first-order valence-electron chi connectivity index (χ1n) is 12.9. The van der Waals surface area contributed by atoms with E-state index in [0.717, 1.165) is 19.4 Å². The quantitative estimate of drug-likeness (QED) is 0.0853. The average molecular weight is 695 g/mol. The molecule has 0 aromatic carbocycles. The molecule has 24 nitrogen and oxygen atoms in total. The monoisotopic (exact) mass is 694 g/mol. The molecule has 0 amide bonds. The van der Waals surface area contributed by atoms with E-state index in [4.69, 9.17) is 74.0 Å². The molecule has 5 unspecified atom stereocenters. The molecule has 24 heteroatoms. The number of hydrogen-bond donors (Lipinski definition) is 16. The van der Waals surface area contributed by atoms with Crippen molar-refractivity contribution >= 4 is 47.8 Å². The van der Waals surface area contributed by atoms with Gasteiger partial charge in [0.1, 0.15) is 30.2 Å². The number of rotatable bonds is 13. The van der Waals surface area contributed by atoms with Crippen LogP contribution in [0.1, 0.15) is 39.0 Å². The predicted molar refractivity (Wildman–Crippen MR) is 156 cm³/mol. The van der Waals surface area contributed by atoms with Gasteiger partial charge in [0, 0.05) is 6.42 Å². The van der Waals surface area contributed by atoms with Gasteiger partial charge in [0.15, 0.2) is 0 Å². The van der Waals surface area contributed by atoms with Crippen molar-refractivity contribution in [2.75, 3.05) is 19.7 Å². The summed E-state index contributed by atoms with van der Waals surface area (Å²) in [6, 6.07) is -4.90. The molecule has 6 atom stereocenters. The minimum absolute atomic E-state index is 0.0231. The van der Waals surface area contributed by atoms with E-state index in [2.05, 4.69) is 11.1 Å². The Morgan fingerprint density at radius 1 is 0.702 bits per heavy atom. The fraction of sp³-hybridized carbons (Fsp3) is 0.652. The summed E-state index contributed by atoms with van der Waals surface area (Å²) in [5, 5.41) is 83.6. The van der Waals surface area contributed by atoms with Crippen LogP contribution < -0.4 is 34.0 Å². The van der Waals surface area contributed by atoms with Gasteiger partial charge in [-0.15, -0.1) is 0 Å². The maximum absolute atomic E-state index is 10.1. The van der Waals surface area contributed by atoms with Crippen LogP contribution in [0, 0.1) is 0 Å². The van der Waals surface area contributed by atoms with Crippen molar-refractivity contribution in [3.8, 4) is 0 Å². The maximum Gasteiger partial charge on any atom is 0.323 e. The number of aliphatic hydroxyl groups is 2. The fourth-order valence-electron chi connectivity index (χ4n) is 1.86. The molecule has 1 rings (SSSR count). The van der Waals surface area contributed by atoms with Gasteiger partial charge in [-0.25, -0.2) is 0 Å². The lowest BCUT2D eigenvalue weighted by molar-refractivity contribution is -0.144. The second kappa shape index (κ2) is 31.4. The Balaban J connectivity index is -0.000000152. The fourth-order valence-corrected chi connectivity index (χ4v) is 1.86. The molecule has 1 aliphatic heterocycles. The van der Waals surface area contributed by atoms with Crippen LogP contribution in [0.15, 0.2) is 0 Å². The van der Waals surface area contributed by atoms with Crippen LogP contribution in [0.3, 0.4) is 0 Å². The summed E-state index contributed by atoms with van der Waals surface area (Å²) in [5.41, 5.74) is 24.1. The van der Waals surface area contributed by atoms with Gasteiger partial charge in [0.05, 0.1) is 25.7 Å². The van der Waals surface area contributed by atoms with Crippen molar-refractivity contribution in [2.24, 2.45) is 28.7 Å². The first-order valence-corrected chi connectivity index (χ1v) is 12.9. The van der Waals surface area contributed by atoms with Crippen molar-refractivity contribution in [3.63, 3.8) is 0 Å². The molecule has 0 aromatic rings. The van der Waals surface area contributed by atoms with Crippen LogP contribution in [0.4, 0.5) is 0 Å². The molecule has 21 N–H and O–H groups in total. The van der Waals surface area contributed by atoms with Gasteiger partial charge in [-0.05, 0) is 32.7 Å². The number of carbonyl (C=O) groups is 8. The number of carboxylic acids is 8. The molecule has 0 bridgehead atoms. The molecule has 1 saturated heterocycles. The van der Waals surface area contributed by atoms with Crippen molar-refractivity contribution < 1.29 is 89.4 Å². The summed E-state index contributed by atoms with van der Waals surface area (Å²) in [4.78, 5) is 78.4. The van der Waals surface area contributed by atoms with Crippen molar-refractivity contribution in [1.82, 2.24) is 5.32 Å². The Hall–Kier alpha value is -4.56. The third kappa shape index (κ3) is 41.4. The summed E-state index contributed by atoms with van der Waals surface area (Å²) in [6.45, 7) is 1.41. The molecule has 0 spiro atoms. The highest BCUT2D eigenvalue weighted by atomic mass is 16.4. The van der Waals surface area contributed by atoms with Gasteiger partial charge in [-0.1, -0.05) is 0 Å². The van der Waals surface area contributed by atoms with Gasteiger partial charge in [-0.2, -0.15) is 0 Å². The van der Waals surface area contributed by atoms with Gasteiger partial charge in [0.2, 0.25) is 0 Å². The summed E-state index contributed by atoms with van der Waals surface area (Å²) >= 11 is 0. The Morgan fingerprint density at radius 3 is 1.26 bits per heavy atom. The van der Waals surface area contributed by atoms with Crippen LogP contribution >= 0.6 is 0 Å². The molecule has 0 aliphatic carbocycles. The smallest absolute Gasteiger partial charge is 0.323 e. The molecule has 1 aliphatic rings. The largest absolute Gasteiger partial charge is 0.481 e. The number of nitrogens with one attached hydrogen (secondary N) is 1. The molecule has 47 heavy (non-hydrogen) atoms. The van der Waals surface area contributed by atoms with Crippen LogP contribution in [0.25, 0.3) is 0 Å². The van der Waals surface area contributed by atoms with Crippen LogP contribution in [0.2, 0.25) is 0 Å². The summed E-state index contributed by atoms with van der Waals surface area (Å²) < 4.78 is 0. The second-order valence-electron chi connectivity index (χ2n) is 8.74. The van der Waals surface area contributed by atoms with E-state index >= 15 is 0 Å². The zero-order valence-corrected chi connectivity index (χ0v) is 25.2. The maximum atomic E-state index is 10.1. The van der Waals surface area contributed by atoms with Gasteiger partial charge in [0.25, 0.3) is 0 Å². The highest BCUT2D eigenvalue weighted by molar-refractivity contribution is 5.80. The molecule has 0 radical (unpaired) electrons. The van der Waals surface area contributed by atoms with Gasteiger partial charge < -0.3 is 85.1 Å². The minimum atomic E-state index is -1.29. The van der Waals surface area contributed by atoms with E-state index in [9.17, 15) is 38.4 Å². The molecular formula is C23H46N6O18. The van der Waals surface area contributed by atoms with E-state index in [0.29, 0.717) is 0 Å². The van der Waals surface area contributed by atoms with Crippen molar-refractivity contribution in [2.45, 2.75) is 75.3 Å². The predicted octanol–water partition coefficient (Wildman–Crippen LogP) is -5.84. The Kier molecular flexibility index (Phi) is 34.8. The van der Waals surface area contributed by atoms with E-state index in [-0.39, 0.29) is 25.4 Å². The van der Waals surface area contributed by atoms with E-state index in [1.165, 1.54) is 6.92 Å². The zero-order valence-electron chi connectivity index (χ0n) is 25.2. The number of aliphatic hydroxyl groups excluding tert-OH is 2. The molecule has 0 aromatic heterocycles. The van der Waals surface area contributed by atoms with Crippen molar-refractivity contribution in [1.29, 1.82) is 0 Å². The third-order valence-corrected chi connectivity index (χ3v) is 4.55. The molecule has 1 heterocycles. The lowest BCUT2D eigenvalue weighted by Crippen LogP contribution is -2.39. The minimum Gasteiger partial charge on any atom is -0.481 e. The van der Waals surface area contributed by atoms with Gasteiger partial charge >= 0.3 is 47.8 Å². The Bertz CT molecular complexity index is 949. The first kappa shape index (κ1) is 52.0. The normalized spacial score (nSPS) is 15.6. The molecular weight excluding hydrogens is 648 g/mol. The topological polar surface area (TPSA) is 481 Å². The number of carboxylic acid groups (broad SMARTS) is 8.